The molecular formula is C16H21N3OS. The molecule has 1 aliphatic rings. The molecule has 0 amide bonds. The van der Waals surface area contributed by atoms with E-state index in [1.165, 1.54) is 23.3 Å². The molecule has 1 fully saturated rings. The highest BCUT2D eigenvalue weighted by Crippen LogP contribution is 2.28. The zero-order valence-corrected chi connectivity index (χ0v) is 13.1. The van der Waals surface area contributed by atoms with E-state index >= 15 is 0 Å². The lowest BCUT2D eigenvalue weighted by molar-refractivity contribution is 0.244. The van der Waals surface area contributed by atoms with Crippen molar-refractivity contribution >= 4 is 16.5 Å². The molecule has 1 aromatic heterocycles. The van der Waals surface area contributed by atoms with E-state index in [1.807, 2.05) is 18.3 Å². The van der Waals surface area contributed by atoms with E-state index < -0.39 is 0 Å². The second kappa shape index (κ2) is 6.45. The van der Waals surface area contributed by atoms with Crippen LogP contribution in [0.3, 0.4) is 0 Å². The number of methoxy groups -OCH3 is 1. The van der Waals surface area contributed by atoms with Gasteiger partial charge in [0, 0.05) is 23.7 Å². The lowest BCUT2D eigenvalue weighted by Crippen LogP contribution is -2.30. The Morgan fingerprint density at radius 2 is 2.29 bits per heavy atom. The van der Waals surface area contributed by atoms with Crippen molar-refractivity contribution in [2.24, 2.45) is 0 Å². The van der Waals surface area contributed by atoms with Gasteiger partial charge in [0.1, 0.15) is 5.75 Å². The molecule has 2 aromatic rings. The normalized spacial score (nSPS) is 19.0. The summed E-state index contributed by atoms with van der Waals surface area (Å²) < 4.78 is 5.47. The summed E-state index contributed by atoms with van der Waals surface area (Å²) in [4.78, 5) is 7.94. The van der Waals surface area contributed by atoms with Crippen LogP contribution in [0.1, 0.15) is 23.3 Å². The first-order valence-electron chi connectivity index (χ1n) is 7.32. The minimum atomic E-state index is 0.574. The standard InChI is InChI=1S/C16H21N3OS/c1-20-15-7-3-2-5-12(15)9-13-6-4-8-19(13)11-14-10-18-16(17)21-14/h2-3,5,7,10,13H,4,6,8-9,11H2,1H3,(H2,17,18). The number of thiazole rings is 1. The van der Waals surface area contributed by atoms with E-state index in [-0.39, 0.29) is 0 Å². The van der Waals surface area contributed by atoms with Crippen LogP contribution in [-0.2, 0) is 13.0 Å². The number of likely N-dealkylation sites (tertiary alicyclic amines) is 1. The van der Waals surface area contributed by atoms with Crippen molar-refractivity contribution in [1.29, 1.82) is 0 Å². The predicted octanol–water partition coefficient (Wildman–Crippen LogP) is 2.94. The summed E-state index contributed by atoms with van der Waals surface area (Å²) in [5, 5.41) is 0.658. The van der Waals surface area contributed by atoms with Crippen molar-refractivity contribution in [2.75, 3.05) is 19.4 Å². The van der Waals surface area contributed by atoms with E-state index in [1.54, 1.807) is 18.4 Å². The molecule has 0 radical (unpaired) electrons. The molecule has 1 saturated heterocycles. The Balaban J connectivity index is 1.69. The zero-order chi connectivity index (χ0) is 14.7. The molecule has 5 heteroatoms. The van der Waals surface area contributed by atoms with Gasteiger partial charge in [-0.05, 0) is 37.4 Å². The maximum absolute atomic E-state index is 5.72. The number of aromatic nitrogens is 1. The van der Waals surface area contributed by atoms with Crippen molar-refractivity contribution in [1.82, 2.24) is 9.88 Å². The topological polar surface area (TPSA) is 51.4 Å². The largest absolute Gasteiger partial charge is 0.496 e. The van der Waals surface area contributed by atoms with Gasteiger partial charge >= 0.3 is 0 Å². The fourth-order valence-electron chi connectivity index (χ4n) is 3.06. The number of nitrogens with two attached hydrogens (primary N) is 1. The summed E-state index contributed by atoms with van der Waals surface area (Å²) in [5.74, 6) is 0.992. The van der Waals surface area contributed by atoms with E-state index in [9.17, 15) is 0 Å². The van der Waals surface area contributed by atoms with Gasteiger partial charge in [-0.3, -0.25) is 4.90 Å². The molecule has 2 N–H and O–H groups in total. The quantitative estimate of drug-likeness (QED) is 0.922. The molecular weight excluding hydrogens is 282 g/mol. The molecule has 0 bridgehead atoms. The lowest BCUT2D eigenvalue weighted by Gasteiger charge is -2.24. The maximum Gasteiger partial charge on any atom is 0.180 e. The Morgan fingerprint density at radius 3 is 3.05 bits per heavy atom. The Bertz CT molecular complexity index is 599. The van der Waals surface area contributed by atoms with Crippen molar-refractivity contribution < 1.29 is 4.74 Å². The molecule has 0 aliphatic carbocycles. The van der Waals surface area contributed by atoms with Crippen LogP contribution >= 0.6 is 11.3 Å². The van der Waals surface area contributed by atoms with Crippen LogP contribution in [0.25, 0.3) is 0 Å². The molecule has 2 heterocycles. The minimum Gasteiger partial charge on any atom is -0.496 e. The SMILES string of the molecule is COc1ccccc1CC1CCCN1Cc1cnc(N)s1. The smallest absolute Gasteiger partial charge is 0.180 e. The molecule has 1 aromatic carbocycles. The van der Waals surface area contributed by atoms with Gasteiger partial charge < -0.3 is 10.5 Å². The Hall–Kier alpha value is -1.59. The van der Waals surface area contributed by atoms with Crippen molar-refractivity contribution in [3.8, 4) is 5.75 Å². The molecule has 1 aliphatic heterocycles. The molecule has 4 nitrogen and oxygen atoms in total. The van der Waals surface area contributed by atoms with E-state index in [0.717, 1.165) is 25.3 Å². The van der Waals surface area contributed by atoms with Crippen LogP contribution < -0.4 is 10.5 Å². The van der Waals surface area contributed by atoms with E-state index in [0.29, 0.717) is 11.2 Å². The first kappa shape index (κ1) is 14.4. The van der Waals surface area contributed by atoms with Crippen LogP contribution in [0.2, 0.25) is 0 Å². The highest BCUT2D eigenvalue weighted by Gasteiger charge is 2.26. The number of para-hydroxylation sites is 1. The Kier molecular flexibility index (Phi) is 4.41. The summed E-state index contributed by atoms with van der Waals surface area (Å²) in [7, 11) is 1.74. The van der Waals surface area contributed by atoms with Gasteiger partial charge in [0.15, 0.2) is 5.13 Å². The summed E-state index contributed by atoms with van der Waals surface area (Å²) >= 11 is 1.59. The van der Waals surface area contributed by atoms with E-state index in [4.69, 9.17) is 10.5 Å². The minimum absolute atomic E-state index is 0.574. The van der Waals surface area contributed by atoms with Gasteiger partial charge in [-0.25, -0.2) is 4.98 Å². The van der Waals surface area contributed by atoms with Gasteiger partial charge in [0.2, 0.25) is 0 Å². The molecule has 1 unspecified atom stereocenters. The number of benzene rings is 1. The second-order valence-corrected chi connectivity index (χ2v) is 6.59. The van der Waals surface area contributed by atoms with Crippen molar-refractivity contribution in [3.05, 3.63) is 40.9 Å². The summed E-state index contributed by atoms with van der Waals surface area (Å²) in [6.07, 6.45) is 5.44. The van der Waals surface area contributed by atoms with Gasteiger partial charge in [-0.2, -0.15) is 0 Å². The second-order valence-electron chi connectivity index (χ2n) is 5.45. The first-order valence-corrected chi connectivity index (χ1v) is 8.14. The summed E-state index contributed by atoms with van der Waals surface area (Å²) in [6, 6.07) is 8.89. The summed E-state index contributed by atoms with van der Waals surface area (Å²) in [6.45, 7) is 2.10. The first-order chi connectivity index (χ1) is 10.3. The average molecular weight is 303 g/mol. The average Bonchev–Trinajstić information content (AvgIpc) is 3.10. The lowest BCUT2D eigenvalue weighted by atomic mass is 10.0. The summed E-state index contributed by atoms with van der Waals surface area (Å²) in [5.41, 5.74) is 7.01. The highest BCUT2D eigenvalue weighted by molar-refractivity contribution is 7.15. The fourth-order valence-corrected chi connectivity index (χ4v) is 3.77. The van der Waals surface area contributed by atoms with Gasteiger partial charge in [0.05, 0.1) is 7.11 Å². The number of nitrogens with zero attached hydrogens (tertiary/aromatic N) is 2. The molecule has 21 heavy (non-hydrogen) atoms. The third kappa shape index (κ3) is 3.36. The van der Waals surface area contributed by atoms with Crippen LogP contribution in [0.15, 0.2) is 30.5 Å². The number of anilines is 1. The highest BCUT2D eigenvalue weighted by atomic mass is 32.1. The van der Waals surface area contributed by atoms with Gasteiger partial charge in [-0.1, -0.05) is 18.2 Å². The number of hydrogen-bond acceptors (Lipinski definition) is 5. The third-order valence-corrected chi connectivity index (χ3v) is 4.89. The number of nitrogen functional groups attached to an aromatic ring is 1. The Labute approximate surface area is 129 Å². The Morgan fingerprint density at radius 1 is 1.43 bits per heavy atom. The molecule has 112 valence electrons. The van der Waals surface area contributed by atoms with Gasteiger partial charge in [-0.15, -0.1) is 11.3 Å². The predicted molar refractivity (Wildman–Crippen MR) is 86.7 cm³/mol. The molecule has 0 spiro atoms. The molecule has 3 rings (SSSR count). The van der Waals surface area contributed by atoms with Crippen LogP contribution in [-0.4, -0.2) is 29.6 Å². The maximum atomic E-state index is 5.72. The number of rotatable bonds is 5. The molecule has 0 saturated carbocycles. The van der Waals surface area contributed by atoms with Crippen LogP contribution in [0, 0.1) is 0 Å². The molecule has 1 atom stereocenters. The zero-order valence-electron chi connectivity index (χ0n) is 12.3. The van der Waals surface area contributed by atoms with Crippen molar-refractivity contribution in [3.63, 3.8) is 0 Å². The number of hydrogen-bond donors (Lipinski definition) is 1. The van der Waals surface area contributed by atoms with E-state index in [2.05, 4.69) is 22.0 Å². The van der Waals surface area contributed by atoms with Crippen molar-refractivity contribution in [2.45, 2.75) is 31.8 Å². The third-order valence-electron chi connectivity index (χ3n) is 4.08. The van der Waals surface area contributed by atoms with Crippen LogP contribution in [0.5, 0.6) is 5.75 Å². The van der Waals surface area contributed by atoms with Gasteiger partial charge in [0.25, 0.3) is 0 Å². The van der Waals surface area contributed by atoms with Crippen LogP contribution in [0.4, 0.5) is 5.13 Å². The monoisotopic (exact) mass is 303 g/mol. The number of ether oxygens (including phenoxy) is 1. The fraction of sp³-hybridized carbons (Fsp3) is 0.438.